The van der Waals surface area contributed by atoms with Crippen molar-refractivity contribution in [1.29, 1.82) is 0 Å². The summed E-state index contributed by atoms with van der Waals surface area (Å²) in [6.07, 6.45) is -0.395. The van der Waals surface area contributed by atoms with Gasteiger partial charge < -0.3 is 44.9 Å². The number of carbonyl (C=O) groups is 4. The summed E-state index contributed by atoms with van der Waals surface area (Å²) in [5.74, 6) is -2.54. The summed E-state index contributed by atoms with van der Waals surface area (Å²) in [5.41, 5.74) is 0.0771. The molecule has 4 rings (SSSR count). The molecule has 1 aliphatic heterocycles. The topological polar surface area (TPSA) is 203 Å². The predicted molar refractivity (Wildman–Crippen MR) is 214 cm³/mol. The number of carboxylic acids is 1. The van der Waals surface area contributed by atoms with Gasteiger partial charge >= 0.3 is 30.2 Å². The fraction of sp³-hybridized carbons (Fsp3) is 0.537. The molecule has 1 fully saturated rings. The number of nitrogens with one attached hydrogen (secondary N) is 3. The lowest BCUT2D eigenvalue weighted by atomic mass is 10.0. The highest BCUT2D eigenvalue weighted by Crippen LogP contribution is 2.24. The normalized spacial score (nSPS) is 15.5. The molecule has 2 heterocycles. The number of esters is 1. The summed E-state index contributed by atoms with van der Waals surface area (Å²) < 4.78 is 60.3. The summed E-state index contributed by atoms with van der Waals surface area (Å²) >= 11 is 0. The quantitative estimate of drug-likeness (QED) is 0.0692. The Bertz CT molecular complexity index is 1900. The van der Waals surface area contributed by atoms with Crippen LogP contribution in [0, 0.1) is 5.92 Å². The van der Waals surface area contributed by atoms with Crippen molar-refractivity contribution in [2.75, 3.05) is 36.9 Å². The molecule has 0 aliphatic carbocycles. The van der Waals surface area contributed by atoms with E-state index >= 15 is 0 Å². The Morgan fingerprint density at radius 3 is 2.05 bits per heavy atom. The Labute approximate surface area is 346 Å². The molecule has 2 amide bonds. The van der Waals surface area contributed by atoms with E-state index in [2.05, 4.69) is 30.9 Å². The standard InChI is InChI=1S/C41H54F3N7O9/c1-39(2,3)59-32(52)12-10-8-7-9-11-21-57-29-19-13-26(14-20-29)22-45-35-48-36(50-37(49-35)58-25-41(42,43)44)46-28-17-15-27(16-18-28)33(53)47-31-24-51(23-30(31)34(54)55)38(56)60-40(4,5)6/h13-20,30-31H,7-12,21-25H2,1-6H3,(H,47,53)(H,54,55)(H2,45,46,48,49,50)/t30-,31?/m0/s1. The van der Waals surface area contributed by atoms with Gasteiger partial charge in [0.1, 0.15) is 17.0 Å². The van der Waals surface area contributed by atoms with E-state index in [1.807, 2.05) is 32.9 Å². The van der Waals surface area contributed by atoms with Gasteiger partial charge in [-0.3, -0.25) is 14.4 Å². The third-order valence-corrected chi connectivity index (χ3v) is 8.58. The maximum absolute atomic E-state index is 13.1. The van der Waals surface area contributed by atoms with Crippen molar-refractivity contribution in [2.45, 2.75) is 110 Å². The summed E-state index contributed by atoms with van der Waals surface area (Å²) in [7, 11) is 0. The first-order valence-electron chi connectivity index (χ1n) is 19.6. The zero-order chi connectivity index (χ0) is 44.1. The summed E-state index contributed by atoms with van der Waals surface area (Å²) in [5, 5.41) is 18.3. The number of nitrogens with zero attached hydrogens (tertiary/aromatic N) is 4. The van der Waals surface area contributed by atoms with Crippen LogP contribution in [0.4, 0.5) is 35.5 Å². The average Bonchev–Trinajstić information content (AvgIpc) is 3.58. The first-order valence-corrected chi connectivity index (χ1v) is 19.6. The van der Waals surface area contributed by atoms with Crippen LogP contribution in [0.1, 0.15) is 96.0 Å². The largest absolute Gasteiger partial charge is 0.494 e. The zero-order valence-electron chi connectivity index (χ0n) is 34.7. The van der Waals surface area contributed by atoms with Crippen molar-refractivity contribution in [3.8, 4) is 11.8 Å². The van der Waals surface area contributed by atoms with Gasteiger partial charge in [-0.15, -0.1) is 0 Å². The Morgan fingerprint density at radius 1 is 0.783 bits per heavy atom. The van der Waals surface area contributed by atoms with Gasteiger partial charge in [-0.1, -0.05) is 31.4 Å². The van der Waals surface area contributed by atoms with Crippen molar-refractivity contribution in [1.82, 2.24) is 25.2 Å². The number of unbranched alkanes of at least 4 members (excludes halogenated alkanes) is 4. The van der Waals surface area contributed by atoms with Crippen molar-refractivity contribution in [3.05, 3.63) is 59.7 Å². The molecule has 0 radical (unpaired) electrons. The molecule has 1 saturated heterocycles. The van der Waals surface area contributed by atoms with Gasteiger partial charge in [0.2, 0.25) is 11.9 Å². The highest BCUT2D eigenvalue weighted by molar-refractivity contribution is 5.95. The SMILES string of the molecule is CC(C)(C)OC(=O)CCCCCCCOc1ccc(CNc2nc(Nc3ccc(C(=O)NC4CN(C(=O)OC(C)(C)C)C[C@@H]4C(=O)O)cc3)nc(OCC(F)(F)F)n2)cc1. The molecule has 60 heavy (non-hydrogen) atoms. The van der Waals surface area contributed by atoms with E-state index in [9.17, 15) is 37.5 Å². The minimum Gasteiger partial charge on any atom is -0.494 e. The number of amides is 2. The highest BCUT2D eigenvalue weighted by atomic mass is 19.4. The lowest BCUT2D eigenvalue weighted by molar-refractivity contribution is -0.155. The number of aromatic nitrogens is 3. The number of halogens is 3. The number of ether oxygens (including phenoxy) is 4. The monoisotopic (exact) mass is 845 g/mol. The van der Waals surface area contributed by atoms with Crippen LogP contribution in [0.5, 0.6) is 11.8 Å². The average molecular weight is 846 g/mol. The number of carboxylic acid groups (broad SMARTS) is 1. The molecule has 328 valence electrons. The molecule has 1 aliphatic rings. The van der Waals surface area contributed by atoms with Crippen LogP contribution >= 0.6 is 0 Å². The fourth-order valence-corrected chi connectivity index (χ4v) is 5.83. The number of alkyl halides is 3. The van der Waals surface area contributed by atoms with Crippen LogP contribution in [0.2, 0.25) is 0 Å². The molecule has 19 heteroatoms. The van der Waals surface area contributed by atoms with E-state index in [1.54, 1.807) is 32.9 Å². The Hall–Kier alpha value is -5.88. The summed E-state index contributed by atoms with van der Waals surface area (Å²) in [4.78, 5) is 62.9. The van der Waals surface area contributed by atoms with Gasteiger partial charge in [0.15, 0.2) is 6.61 Å². The number of likely N-dealkylation sites (tertiary alicyclic amines) is 1. The Kier molecular flexibility index (Phi) is 16.3. The van der Waals surface area contributed by atoms with E-state index in [0.29, 0.717) is 24.5 Å². The number of hydrogen-bond acceptors (Lipinski definition) is 13. The second-order valence-electron chi connectivity index (χ2n) is 16.2. The van der Waals surface area contributed by atoms with Gasteiger partial charge in [-0.25, -0.2) is 4.79 Å². The van der Waals surface area contributed by atoms with Crippen LogP contribution in [0.25, 0.3) is 0 Å². The predicted octanol–water partition coefficient (Wildman–Crippen LogP) is 7.28. The van der Waals surface area contributed by atoms with Crippen LogP contribution in [-0.2, 0) is 25.6 Å². The maximum Gasteiger partial charge on any atom is 0.422 e. The van der Waals surface area contributed by atoms with E-state index in [-0.39, 0.29) is 43.1 Å². The van der Waals surface area contributed by atoms with Gasteiger partial charge in [0.25, 0.3) is 5.91 Å². The minimum atomic E-state index is -4.64. The van der Waals surface area contributed by atoms with E-state index in [0.717, 1.165) is 37.7 Å². The van der Waals surface area contributed by atoms with Crippen molar-refractivity contribution < 1.29 is 56.4 Å². The van der Waals surface area contributed by atoms with Crippen molar-refractivity contribution in [3.63, 3.8) is 0 Å². The summed E-state index contributed by atoms with van der Waals surface area (Å²) in [6.45, 7) is 9.52. The smallest absolute Gasteiger partial charge is 0.422 e. The third kappa shape index (κ3) is 16.8. The maximum atomic E-state index is 13.1. The molecule has 1 unspecified atom stereocenters. The van der Waals surface area contributed by atoms with Crippen molar-refractivity contribution >= 4 is 41.5 Å². The first-order chi connectivity index (χ1) is 28.1. The van der Waals surface area contributed by atoms with Crippen molar-refractivity contribution in [2.24, 2.45) is 5.92 Å². The molecule has 2 atom stereocenters. The number of anilines is 3. The molecular weight excluding hydrogens is 791 g/mol. The van der Waals surface area contributed by atoms with Gasteiger partial charge in [-0.2, -0.15) is 28.1 Å². The first kappa shape index (κ1) is 46.8. The summed E-state index contributed by atoms with van der Waals surface area (Å²) in [6, 6.07) is 11.7. The Balaban J connectivity index is 1.29. The highest BCUT2D eigenvalue weighted by Gasteiger charge is 2.42. The second kappa shape index (κ2) is 20.9. The lowest BCUT2D eigenvalue weighted by Crippen LogP contribution is -2.43. The van der Waals surface area contributed by atoms with E-state index < -0.39 is 59.9 Å². The van der Waals surface area contributed by atoms with E-state index in [4.69, 9.17) is 18.9 Å². The molecule has 16 nitrogen and oxygen atoms in total. The number of aliphatic carboxylic acids is 1. The van der Waals surface area contributed by atoms with Gasteiger partial charge in [0, 0.05) is 37.3 Å². The molecule has 2 aromatic carbocycles. The Morgan fingerprint density at radius 2 is 1.42 bits per heavy atom. The molecular formula is C41H54F3N7O9. The second-order valence-corrected chi connectivity index (χ2v) is 16.2. The minimum absolute atomic E-state index is 0.0613. The van der Waals surface area contributed by atoms with Gasteiger partial charge in [0.05, 0.1) is 18.6 Å². The molecule has 0 bridgehead atoms. The third-order valence-electron chi connectivity index (χ3n) is 8.58. The number of hydrogen-bond donors (Lipinski definition) is 4. The van der Waals surface area contributed by atoms with E-state index in [1.165, 1.54) is 29.2 Å². The van der Waals surface area contributed by atoms with Crippen LogP contribution < -0.4 is 25.4 Å². The number of carbonyl (C=O) groups excluding carboxylic acids is 3. The van der Waals surface area contributed by atoms with Gasteiger partial charge in [-0.05, 0) is 96.3 Å². The van der Waals surface area contributed by atoms with Crippen LogP contribution in [-0.4, -0.2) is 98.6 Å². The molecule has 1 aromatic heterocycles. The molecule has 4 N–H and O–H groups in total. The molecule has 3 aromatic rings. The van der Waals surface area contributed by atoms with Crippen LogP contribution in [0.15, 0.2) is 48.5 Å². The zero-order valence-corrected chi connectivity index (χ0v) is 34.7. The van der Waals surface area contributed by atoms with Crippen LogP contribution in [0.3, 0.4) is 0 Å². The molecule has 0 saturated carbocycles. The number of rotatable bonds is 19. The lowest BCUT2D eigenvalue weighted by Gasteiger charge is -2.24. The number of benzene rings is 2. The molecule has 0 spiro atoms. The fourth-order valence-electron chi connectivity index (χ4n) is 5.83.